The molecule has 4 rings (SSSR count). The van der Waals surface area contributed by atoms with Crippen molar-refractivity contribution in [3.05, 3.63) is 76.6 Å². The van der Waals surface area contributed by atoms with Gasteiger partial charge < -0.3 is 15.0 Å². The maximum atomic E-state index is 13.1. The number of nitrogens with zero attached hydrogens (tertiary/aromatic N) is 2. The molecule has 1 fully saturated rings. The van der Waals surface area contributed by atoms with Gasteiger partial charge in [-0.2, -0.15) is 0 Å². The van der Waals surface area contributed by atoms with E-state index in [2.05, 4.69) is 10.3 Å². The van der Waals surface area contributed by atoms with Crippen molar-refractivity contribution < 1.29 is 14.3 Å². The number of hydrogen-bond donors (Lipinski definition) is 1. The van der Waals surface area contributed by atoms with E-state index in [1.165, 1.54) is 0 Å². The molecule has 0 spiro atoms. The van der Waals surface area contributed by atoms with E-state index in [4.69, 9.17) is 16.3 Å². The van der Waals surface area contributed by atoms with Crippen LogP contribution in [0.5, 0.6) is 5.75 Å². The number of fused-ring (bicyclic) bond motifs is 1. The third-order valence-corrected chi connectivity index (χ3v) is 5.52. The van der Waals surface area contributed by atoms with Gasteiger partial charge in [0.1, 0.15) is 16.6 Å². The third kappa shape index (κ3) is 4.70. The number of pyridine rings is 1. The van der Waals surface area contributed by atoms with E-state index in [0.29, 0.717) is 35.5 Å². The van der Waals surface area contributed by atoms with Crippen LogP contribution in [-0.2, 0) is 4.79 Å². The molecule has 6 nitrogen and oxygen atoms in total. The predicted octanol–water partition coefficient (Wildman–Crippen LogP) is 4.29. The Labute approximate surface area is 185 Å². The highest BCUT2D eigenvalue weighted by molar-refractivity contribution is 6.31. The summed E-state index contributed by atoms with van der Waals surface area (Å²) in [6.45, 7) is 1.34. The smallest absolute Gasteiger partial charge is 0.270 e. The van der Waals surface area contributed by atoms with Gasteiger partial charge in [-0.3, -0.25) is 9.59 Å². The fourth-order valence-corrected chi connectivity index (χ4v) is 3.75. The topological polar surface area (TPSA) is 71.5 Å². The summed E-state index contributed by atoms with van der Waals surface area (Å²) in [6.07, 6.45) is 3.50. The molecule has 0 unspecified atom stereocenters. The van der Waals surface area contributed by atoms with Crippen LogP contribution in [0.2, 0.25) is 5.15 Å². The summed E-state index contributed by atoms with van der Waals surface area (Å²) in [5, 5.41) is 3.86. The Morgan fingerprint density at radius 1 is 1.10 bits per heavy atom. The molecule has 2 heterocycles. The van der Waals surface area contributed by atoms with Gasteiger partial charge in [0, 0.05) is 35.7 Å². The van der Waals surface area contributed by atoms with Crippen molar-refractivity contribution >= 4 is 40.4 Å². The Morgan fingerprint density at radius 2 is 1.84 bits per heavy atom. The van der Waals surface area contributed by atoms with Crippen LogP contribution in [0.3, 0.4) is 0 Å². The van der Waals surface area contributed by atoms with Crippen LogP contribution in [0, 0.1) is 0 Å². The van der Waals surface area contributed by atoms with Crippen molar-refractivity contribution in [1.29, 1.82) is 0 Å². The summed E-state index contributed by atoms with van der Waals surface area (Å²) < 4.78 is 5.24. The van der Waals surface area contributed by atoms with Gasteiger partial charge in [0.25, 0.3) is 11.8 Å². The molecule has 31 heavy (non-hydrogen) atoms. The van der Waals surface area contributed by atoms with Crippen molar-refractivity contribution in [2.45, 2.75) is 12.8 Å². The molecular formula is C24H22ClN3O3. The third-order valence-electron chi connectivity index (χ3n) is 5.21. The average Bonchev–Trinajstić information content (AvgIpc) is 3.33. The minimum atomic E-state index is -0.353. The summed E-state index contributed by atoms with van der Waals surface area (Å²) in [4.78, 5) is 32.1. The van der Waals surface area contributed by atoms with Gasteiger partial charge in [0.05, 0.1) is 12.6 Å². The fraction of sp³-hybridized carbons (Fsp3) is 0.208. The Morgan fingerprint density at radius 3 is 2.55 bits per heavy atom. The Bertz CT molecular complexity index is 1160. The second-order valence-electron chi connectivity index (χ2n) is 7.30. The van der Waals surface area contributed by atoms with Crippen molar-refractivity contribution in [3.63, 3.8) is 0 Å². The predicted molar refractivity (Wildman–Crippen MR) is 121 cm³/mol. The van der Waals surface area contributed by atoms with Gasteiger partial charge in [-0.15, -0.1) is 0 Å². The first-order valence-electron chi connectivity index (χ1n) is 10.1. The number of hydrogen-bond acceptors (Lipinski definition) is 4. The molecule has 1 N–H and O–H groups in total. The van der Waals surface area contributed by atoms with E-state index in [1.807, 2.05) is 24.3 Å². The standard InChI is InChI=1S/C24H22ClN3O3/c1-31-19-10-9-17-13-18(22(25)26-20(17)15-19)14-21(24(30)28-11-5-6-12-28)27-23(29)16-7-3-2-4-8-16/h2-4,7-10,13-15H,5-6,11-12H2,1H3,(H,27,29)/b21-14-. The van der Waals surface area contributed by atoms with Crippen LogP contribution < -0.4 is 10.1 Å². The normalized spacial score (nSPS) is 14.0. The molecule has 0 aliphatic carbocycles. The molecular weight excluding hydrogens is 414 g/mol. The van der Waals surface area contributed by atoms with Crippen LogP contribution in [0.25, 0.3) is 17.0 Å². The number of methoxy groups -OCH3 is 1. The molecule has 0 radical (unpaired) electrons. The van der Waals surface area contributed by atoms with E-state index in [9.17, 15) is 9.59 Å². The summed E-state index contributed by atoms with van der Waals surface area (Å²) in [7, 11) is 1.59. The number of nitrogens with one attached hydrogen (secondary N) is 1. The highest BCUT2D eigenvalue weighted by Crippen LogP contribution is 2.26. The monoisotopic (exact) mass is 435 g/mol. The Hall–Kier alpha value is -3.38. The fourth-order valence-electron chi connectivity index (χ4n) is 3.55. The lowest BCUT2D eigenvalue weighted by Crippen LogP contribution is -2.36. The first-order valence-corrected chi connectivity index (χ1v) is 10.4. The van der Waals surface area contributed by atoms with Crippen LogP contribution in [0.4, 0.5) is 0 Å². The highest BCUT2D eigenvalue weighted by Gasteiger charge is 2.24. The minimum absolute atomic E-state index is 0.173. The van der Waals surface area contributed by atoms with E-state index < -0.39 is 0 Å². The molecule has 2 aromatic carbocycles. The first-order chi connectivity index (χ1) is 15.0. The quantitative estimate of drug-likeness (QED) is 0.479. The summed E-state index contributed by atoms with van der Waals surface area (Å²) in [6, 6.07) is 16.1. The van der Waals surface area contributed by atoms with Gasteiger partial charge in [0.15, 0.2) is 0 Å². The number of halogens is 1. The number of rotatable bonds is 5. The Kier molecular flexibility index (Phi) is 6.18. The lowest BCUT2D eigenvalue weighted by molar-refractivity contribution is -0.126. The number of benzene rings is 2. The average molecular weight is 436 g/mol. The molecule has 0 saturated carbocycles. The maximum Gasteiger partial charge on any atom is 0.270 e. The van der Waals surface area contributed by atoms with Crippen molar-refractivity contribution in [3.8, 4) is 5.75 Å². The Balaban J connectivity index is 1.72. The molecule has 2 amide bonds. The zero-order valence-corrected chi connectivity index (χ0v) is 17.9. The molecule has 1 aliphatic rings. The van der Waals surface area contributed by atoms with Gasteiger partial charge in [-0.1, -0.05) is 29.8 Å². The van der Waals surface area contributed by atoms with E-state index in [0.717, 1.165) is 18.2 Å². The van der Waals surface area contributed by atoms with Gasteiger partial charge in [-0.05, 0) is 49.2 Å². The SMILES string of the molecule is COc1ccc2cc(/C=C(\NC(=O)c3ccccc3)C(=O)N3CCCC3)c(Cl)nc2c1. The number of carbonyl (C=O) groups excluding carboxylic acids is 2. The number of ether oxygens (including phenoxy) is 1. The first kappa shape index (κ1) is 20.9. The van der Waals surface area contributed by atoms with Crippen LogP contribution >= 0.6 is 11.6 Å². The van der Waals surface area contributed by atoms with E-state index in [-0.39, 0.29) is 22.7 Å². The van der Waals surface area contributed by atoms with E-state index in [1.54, 1.807) is 48.4 Å². The molecule has 3 aromatic rings. The molecule has 1 aliphatic heterocycles. The zero-order chi connectivity index (χ0) is 21.8. The zero-order valence-electron chi connectivity index (χ0n) is 17.1. The second-order valence-corrected chi connectivity index (χ2v) is 7.66. The van der Waals surface area contributed by atoms with Gasteiger partial charge in [0.2, 0.25) is 0 Å². The van der Waals surface area contributed by atoms with Crippen LogP contribution in [-0.4, -0.2) is 41.9 Å². The number of amides is 2. The molecule has 0 atom stereocenters. The number of likely N-dealkylation sites (tertiary alicyclic amines) is 1. The number of aromatic nitrogens is 1. The lowest BCUT2D eigenvalue weighted by atomic mass is 10.1. The summed E-state index contributed by atoms with van der Waals surface area (Å²) in [5.74, 6) is 0.0982. The van der Waals surface area contributed by atoms with Crippen molar-refractivity contribution in [2.75, 3.05) is 20.2 Å². The largest absolute Gasteiger partial charge is 0.497 e. The lowest BCUT2D eigenvalue weighted by Gasteiger charge is -2.18. The molecule has 1 saturated heterocycles. The van der Waals surface area contributed by atoms with Crippen molar-refractivity contribution in [2.24, 2.45) is 0 Å². The van der Waals surface area contributed by atoms with Crippen LogP contribution in [0.1, 0.15) is 28.8 Å². The summed E-state index contributed by atoms with van der Waals surface area (Å²) in [5.41, 5.74) is 1.88. The van der Waals surface area contributed by atoms with Gasteiger partial charge in [-0.25, -0.2) is 4.98 Å². The second kappa shape index (κ2) is 9.18. The maximum absolute atomic E-state index is 13.1. The highest BCUT2D eigenvalue weighted by atomic mass is 35.5. The van der Waals surface area contributed by atoms with Gasteiger partial charge >= 0.3 is 0 Å². The van der Waals surface area contributed by atoms with Crippen molar-refractivity contribution in [1.82, 2.24) is 15.2 Å². The molecule has 7 heteroatoms. The molecule has 0 bridgehead atoms. The minimum Gasteiger partial charge on any atom is -0.497 e. The van der Waals surface area contributed by atoms with E-state index >= 15 is 0 Å². The molecule has 158 valence electrons. The molecule has 1 aromatic heterocycles. The number of carbonyl (C=O) groups is 2. The summed E-state index contributed by atoms with van der Waals surface area (Å²) >= 11 is 6.43. The van der Waals surface area contributed by atoms with Crippen LogP contribution in [0.15, 0.2) is 60.3 Å².